The minimum Gasteiger partial charge on any atom is -0.305 e. The highest BCUT2D eigenvalue weighted by Crippen LogP contribution is 2.20. The first-order chi connectivity index (χ1) is 15.2. The summed E-state index contributed by atoms with van der Waals surface area (Å²) in [7, 11) is 0. The Labute approximate surface area is 184 Å². The number of nitrogens with zero attached hydrogens (tertiary/aromatic N) is 4. The number of aromatic nitrogens is 4. The lowest BCUT2D eigenvalue weighted by atomic mass is 10.1. The van der Waals surface area contributed by atoms with Crippen LogP contribution in [0.5, 0.6) is 0 Å². The predicted molar refractivity (Wildman–Crippen MR) is 120 cm³/mol. The number of amides is 1. The highest BCUT2D eigenvalue weighted by molar-refractivity contribution is 6.02. The summed E-state index contributed by atoms with van der Waals surface area (Å²) in [5.74, 6) is -0.816. The average Bonchev–Trinajstić information content (AvgIpc) is 3.08. The maximum absolute atomic E-state index is 14.3. The lowest BCUT2D eigenvalue weighted by Gasteiger charge is -2.13. The van der Waals surface area contributed by atoms with Crippen LogP contribution in [-0.4, -0.2) is 25.5 Å². The second kappa shape index (κ2) is 8.22. The van der Waals surface area contributed by atoms with Crippen LogP contribution in [0.15, 0.2) is 59.4 Å². The van der Waals surface area contributed by atoms with Crippen LogP contribution in [-0.2, 0) is 0 Å². The van der Waals surface area contributed by atoms with E-state index in [2.05, 4.69) is 15.5 Å². The molecular formula is C24H22FN5O2. The van der Waals surface area contributed by atoms with Crippen molar-refractivity contribution in [1.82, 2.24) is 19.6 Å². The van der Waals surface area contributed by atoms with Gasteiger partial charge in [0.15, 0.2) is 5.69 Å². The van der Waals surface area contributed by atoms with Gasteiger partial charge in [0.05, 0.1) is 11.4 Å². The number of hydrogen-bond acceptors (Lipinski definition) is 4. The van der Waals surface area contributed by atoms with Gasteiger partial charge in [-0.25, -0.2) is 13.8 Å². The van der Waals surface area contributed by atoms with Gasteiger partial charge in [-0.05, 0) is 63.1 Å². The molecule has 7 nitrogen and oxygen atoms in total. The molecule has 0 saturated carbocycles. The average molecular weight is 431 g/mol. The van der Waals surface area contributed by atoms with E-state index in [0.29, 0.717) is 17.2 Å². The number of para-hydroxylation sites is 1. The van der Waals surface area contributed by atoms with Crippen molar-refractivity contribution in [2.45, 2.75) is 27.7 Å². The summed E-state index contributed by atoms with van der Waals surface area (Å²) in [5.41, 5.74) is 3.25. The SMILES string of the molecule is Cc1cc(C)cc(-n2nc(C)cc2NC(=O)c2nn(-c3ccccc3F)c(C)cc2=O)c1. The summed E-state index contributed by atoms with van der Waals surface area (Å²) in [4.78, 5) is 25.6. The molecule has 0 aliphatic rings. The number of halogens is 1. The van der Waals surface area contributed by atoms with Crippen LogP contribution in [0.1, 0.15) is 33.0 Å². The minimum absolute atomic E-state index is 0.148. The van der Waals surface area contributed by atoms with Crippen LogP contribution in [0.25, 0.3) is 11.4 Å². The Bertz CT molecular complexity index is 1380. The van der Waals surface area contributed by atoms with Gasteiger partial charge in [-0.1, -0.05) is 18.2 Å². The van der Waals surface area contributed by atoms with Crippen molar-refractivity contribution in [3.63, 3.8) is 0 Å². The molecule has 1 N–H and O–H groups in total. The van der Waals surface area contributed by atoms with Crippen LogP contribution in [0.4, 0.5) is 10.2 Å². The molecule has 0 bridgehead atoms. The Morgan fingerprint density at radius 1 is 0.906 bits per heavy atom. The molecule has 2 aromatic carbocycles. The second-order valence-corrected chi connectivity index (χ2v) is 7.74. The van der Waals surface area contributed by atoms with Crippen molar-refractivity contribution in [3.05, 3.63) is 98.8 Å². The summed E-state index contributed by atoms with van der Waals surface area (Å²) in [6.45, 7) is 7.39. The smallest absolute Gasteiger partial charge is 0.281 e. The fourth-order valence-electron chi connectivity index (χ4n) is 3.61. The van der Waals surface area contributed by atoms with Crippen LogP contribution < -0.4 is 10.7 Å². The van der Waals surface area contributed by atoms with Crippen molar-refractivity contribution < 1.29 is 9.18 Å². The molecule has 162 valence electrons. The monoisotopic (exact) mass is 431 g/mol. The van der Waals surface area contributed by atoms with E-state index in [-0.39, 0.29) is 11.4 Å². The molecule has 0 spiro atoms. The molecule has 8 heteroatoms. The molecule has 2 aromatic heterocycles. The van der Waals surface area contributed by atoms with Gasteiger partial charge in [-0.2, -0.15) is 10.2 Å². The van der Waals surface area contributed by atoms with Gasteiger partial charge in [-0.15, -0.1) is 0 Å². The quantitative estimate of drug-likeness (QED) is 0.529. The second-order valence-electron chi connectivity index (χ2n) is 7.74. The number of nitrogens with one attached hydrogen (secondary N) is 1. The van der Waals surface area contributed by atoms with Gasteiger partial charge >= 0.3 is 0 Å². The molecule has 0 aliphatic heterocycles. The van der Waals surface area contributed by atoms with Gasteiger partial charge in [0, 0.05) is 17.8 Å². The number of aryl methyl sites for hydroxylation is 4. The largest absolute Gasteiger partial charge is 0.305 e. The van der Waals surface area contributed by atoms with Crippen LogP contribution in [0.2, 0.25) is 0 Å². The number of anilines is 1. The van der Waals surface area contributed by atoms with Gasteiger partial charge in [0.1, 0.15) is 17.3 Å². The Morgan fingerprint density at radius 2 is 1.59 bits per heavy atom. The van der Waals surface area contributed by atoms with Crippen molar-refractivity contribution in [2.24, 2.45) is 0 Å². The van der Waals surface area contributed by atoms with Crippen LogP contribution in [0.3, 0.4) is 0 Å². The van der Waals surface area contributed by atoms with Gasteiger partial charge in [-0.3, -0.25) is 9.59 Å². The Hall–Kier alpha value is -4.07. The predicted octanol–water partition coefficient (Wildman–Crippen LogP) is 4.04. The first-order valence-corrected chi connectivity index (χ1v) is 10.1. The van der Waals surface area contributed by atoms with Crippen LogP contribution >= 0.6 is 0 Å². The maximum atomic E-state index is 14.3. The Morgan fingerprint density at radius 3 is 2.28 bits per heavy atom. The van der Waals surface area contributed by atoms with Gasteiger partial charge in [0.25, 0.3) is 5.91 Å². The molecule has 0 saturated heterocycles. The van der Waals surface area contributed by atoms with Crippen LogP contribution in [0, 0.1) is 33.5 Å². The Balaban J connectivity index is 1.74. The summed E-state index contributed by atoms with van der Waals surface area (Å²) >= 11 is 0. The molecule has 0 radical (unpaired) electrons. The first-order valence-electron chi connectivity index (χ1n) is 10.1. The zero-order valence-electron chi connectivity index (χ0n) is 18.2. The fraction of sp³-hybridized carbons (Fsp3) is 0.167. The lowest BCUT2D eigenvalue weighted by Crippen LogP contribution is -2.27. The highest BCUT2D eigenvalue weighted by atomic mass is 19.1. The first kappa shape index (κ1) is 21.2. The van der Waals surface area contributed by atoms with E-state index in [1.54, 1.807) is 29.8 Å². The summed E-state index contributed by atoms with van der Waals surface area (Å²) in [5, 5.41) is 11.4. The topological polar surface area (TPSA) is 81.8 Å². The van der Waals surface area contributed by atoms with E-state index in [1.807, 2.05) is 39.0 Å². The maximum Gasteiger partial charge on any atom is 0.281 e. The number of hydrogen-bond donors (Lipinski definition) is 1. The van der Waals surface area contributed by atoms with Crippen molar-refractivity contribution in [2.75, 3.05) is 5.32 Å². The minimum atomic E-state index is -0.703. The van der Waals surface area contributed by atoms with Gasteiger partial charge < -0.3 is 5.32 Å². The molecule has 0 aliphatic carbocycles. The van der Waals surface area contributed by atoms with E-state index in [4.69, 9.17) is 0 Å². The zero-order chi connectivity index (χ0) is 23.0. The number of benzene rings is 2. The summed E-state index contributed by atoms with van der Waals surface area (Å²) in [6.07, 6.45) is 0. The molecular weight excluding hydrogens is 409 g/mol. The molecule has 4 aromatic rings. The van der Waals surface area contributed by atoms with E-state index in [0.717, 1.165) is 16.8 Å². The fourth-order valence-corrected chi connectivity index (χ4v) is 3.61. The summed E-state index contributed by atoms with van der Waals surface area (Å²) in [6, 6.07) is 14.9. The zero-order valence-corrected chi connectivity index (χ0v) is 18.2. The third kappa shape index (κ3) is 4.07. The van der Waals surface area contributed by atoms with Crippen molar-refractivity contribution in [1.29, 1.82) is 0 Å². The molecule has 0 unspecified atom stereocenters. The number of carbonyl (C=O) groups excluding carboxylic acids is 1. The molecule has 1 amide bonds. The van der Waals surface area contributed by atoms with E-state index < -0.39 is 17.2 Å². The van der Waals surface area contributed by atoms with Gasteiger partial charge in [0.2, 0.25) is 5.43 Å². The highest BCUT2D eigenvalue weighted by Gasteiger charge is 2.19. The Kier molecular flexibility index (Phi) is 5.44. The molecule has 0 fully saturated rings. The van der Waals surface area contributed by atoms with E-state index in [9.17, 15) is 14.0 Å². The normalized spacial score (nSPS) is 10.9. The molecule has 2 heterocycles. The number of carbonyl (C=O) groups is 1. The van der Waals surface area contributed by atoms with E-state index >= 15 is 0 Å². The summed E-state index contributed by atoms with van der Waals surface area (Å²) < 4.78 is 17.1. The van der Waals surface area contributed by atoms with Crippen molar-refractivity contribution in [3.8, 4) is 11.4 Å². The molecule has 4 rings (SSSR count). The standard InChI is InChI=1S/C24H22FN5O2/c1-14-9-15(2)11-18(10-14)30-22(12-16(3)27-30)26-24(32)23-21(31)13-17(4)29(28-23)20-8-6-5-7-19(20)25/h5-13H,1-4H3,(H,26,32). The molecule has 0 atom stereocenters. The van der Waals surface area contributed by atoms with Crippen molar-refractivity contribution >= 4 is 11.7 Å². The third-order valence-corrected chi connectivity index (χ3v) is 4.93. The van der Waals surface area contributed by atoms with E-state index in [1.165, 1.54) is 22.9 Å². The molecule has 32 heavy (non-hydrogen) atoms. The number of rotatable bonds is 4. The third-order valence-electron chi connectivity index (χ3n) is 4.93. The lowest BCUT2D eigenvalue weighted by molar-refractivity contribution is 0.101.